The van der Waals surface area contributed by atoms with Crippen molar-refractivity contribution >= 4 is 11.3 Å². The summed E-state index contributed by atoms with van der Waals surface area (Å²) < 4.78 is 5.42. The smallest absolute Gasteiger partial charge is 0.123 e. The number of thiophene rings is 1. The van der Waals surface area contributed by atoms with E-state index in [0.717, 1.165) is 23.6 Å². The number of methoxy groups -OCH3 is 1. The highest BCUT2D eigenvalue weighted by atomic mass is 32.1. The molecule has 1 unspecified atom stereocenters. The lowest BCUT2D eigenvalue weighted by molar-refractivity contribution is 0.397. The molecule has 0 bridgehead atoms. The minimum Gasteiger partial charge on any atom is -0.496 e. The van der Waals surface area contributed by atoms with Crippen LogP contribution < -0.4 is 10.1 Å². The molecule has 2 aromatic rings. The van der Waals surface area contributed by atoms with Crippen LogP contribution in [0.5, 0.6) is 5.75 Å². The van der Waals surface area contributed by atoms with E-state index in [2.05, 4.69) is 24.4 Å². The monoisotopic (exact) mass is 286 g/mol. The number of benzene rings is 1. The third-order valence-corrected chi connectivity index (χ3v) is 4.21. The molecule has 0 aliphatic rings. The van der Waals surface area contributed by atoms with Gasteiger partial charge in [-0.3, -0.25) is 0 Å². The van der Waals surface area contributed by atoms with Crippen LogP contribution in [-0.4, -0.2) is 7.11 Å². The molecule has 2 rings (SSSR count). The predicted octanol–water partition coefficient (Wildman–Crippen LogP) is 3.87. The molecule has 1 aromatic carbocycles. The minimum absolute atomic E-state index is 0.249. The topological polar surface area (TPSA) is 45.0 Å². The number of rotatable bonds is 6. The lowest BCUT2D eigenvalue weighted by Crippen LogP contribution is -2.20. The molecule has 0 aliphatic carbocycles. The van der Waals surface area contributed by atoms with Gasteiger partial charge < -0.3 is 10.1 Å². The quantitative estimate of drug-likeness (QED) is 0.876. The van der Waals surface area contributed by atoms with Gasteiger partial charge in [-0.15, -0.1) is 11.3 Å². The first-order chi connectivity index (χ1) is 9.78. The van der Waals surface area contributed by atoms with Gasteiger partial charge in [-0.1, -0.05) is 25.1 Å². The molecule has 0 radical (unpaired) electrons. The van der Waals surface area contributed by atoms with Gasteiger partial charge in [0.05, 0.1) is 7.11 Å². The van der Waals surface area contributed by atoms with E-state index in [4.69, 9.17) is 10.00 Å². The zero-order valence-corrected chi connectivity index (χ0v) is 12.5. The molecule has 0 fully saturated rings. The average molecular weight is 286 g/mol. The molecular formula is C16H18N2OS. The Morgan fingerprint density at radius 1 is 1.30 bits per heavy atom. The Hall–Kier alpha value is -1.83. The molecule has 3 nitrogen and oxygen atoms in total. The molecule has 0 saturated carbocycles. The molecule has 0 spiro atoms. The summed E-state index contributed by atoms with van der Waals surface area (Å²) in [4.78, 5) is 1.93. The summed E-state index contributed by atoms with van der Waals surface area (Å²) in [5.74, 6) is 0.913. The van der Waals surface area contributed by atoms with Gasteiger partial charge >= 0.3 is 0 Å². The Labute approximate surface area is 123 Å². The summed E-state index contributed by atoms with van der Waals surface area (Å²) in [5, 5.41) is 12.4. The second kappa shape index (κ2) is 7.09. The lowest BCUT2D eigenvalue weighted by Gasteiger charge is -2.19. The maximum Gasteiger partial charge on any atom is 0.123 e. The fraction of sp³-hybridized carbons (Fsp3) is 0.312. The van der Waals surface area contributed by atoms with Crippen LogP contribution >= 0.6 is 11.3 Å². The zero-order valence-electron chi connectivity index (χ0n) is 11.7. The number of ether oxygens (including phenoxy) is 1. The molecule has 4 heteroatoms. The van der Waals surface area contributed by atoms with Crippen molar-refractivity contribution in [2.75, 3.05) is 7.11 Å². The summed E-state index contributed by atoms with van der Waals surface area (Å²) in [6.07, 6.45) is 0.983. The van der Waals surface area contributed by atoms with Crippen LogP contribution in [0.15, 0.2) is 36.4 Å². The van der Waals surface area contributed by atoms with Crippen molar-refractivity contribution in [2.24, 2.45) is 0 Å². The molecule has 0 saturated heterocycles. The third-order valence-electron chi connectivity index (χ3n) is 3.22. The fourth-order valence-corrected chi connectivity index (χ4v) is 2.94. The van der Waals surface area contributed by atoms with E-state index in [1.165, 1.54) is 21.8 Å². The van der Waals surface area contributed by atoms with E-state index in [1.807, 2.05) is 30.3 Å². The van der Waals surface area contributed by atoms with Gasteiger partial charge in [-0.25, -0.2) is 0 Å². The Bertz CT molecular complexity index is 601. The molecule has 1 heterocycles. The Morgan fingerprint density at radius 2 is 2.10 bits per heavy atom. The number of para-hydroxylation sites is 1. The van der Waals surface area contributed by atoms with Crippen molar-refractivity contribution in [1.29, 1.82) is 5.26 Å². The highest BCUT2D eigenvalue weighted by molar-refractivity contribution is 7.12. The van der Waals surface area contributed by atoms with Crippen LogP contribution in [0.4, 0.5) is 0 Å². The Kier molecular flexibility index (Phi) is 5.16. The molecule has 0 aliphatic heterocycles. The van der Waals surface area contributed by atoms with E-state index in [1.54, 1.807) is 7.11 Å². The van der Waals surface area contributed by atoms with Crippen molar-refractivity contribution in [3.05, 3.63) is 51.7 Å². The van der Waals surface area contributed by atoms with Crippen LogP contribution in [0.3, 0.4) is 0 Å². The second-order valence-corrected chi connectivity index (χ2v) is 5.63. The van der Waals surface area contributed by atoms with Gasteiger partial charge in [0.15, 0.2) is 0 Å². The normalized spacial score (nSPS) is 11.8. The molecule has 1 N–H and O–H groups in total. The highest BCUT2D eigenvalue weighted by Gasteiger charge is 2.13. The molecule has 1 atom stereocenters. The van der Waals surface area contributed by atoms with Crippen molar-refractivity contribution < 1.29 is 4.74 Å². The first-order valence-corrected chi connectivity index (χ1v) is 7.45. The van der Waals surface area contributed by atoms with Gasteiger partial charge in [-0.05, 0) is 24.6 Å². The number of hydrogen-bond acceptors (Lipinski definition) is 4. The summed E-state index contributed by atoms with van der Waals surface area (Å²) in [5.41, 5.74) is 1.18. The minimum atomic E-state index is 0.249. The molecule has 20 heavy (non-hydrogen) atoms. The molecule has 0 amide bonds. The van der Waals surface area contributed by atoms with E-state index in [0.29, 0.717) is 0 Å². The van der Waals surface area contributed by atoms with Crippen LogP contribution in [-0.2, 0) is 6.54 Å². The summed E-state index contributed by atoms with van der Waals surface area (Å²) in [6, 6.07) is 14.4. The van der Waals surface area contributed by atoms with Gasteiger partial charge in [0, 0.05) is 23.0 Å². The first kappa shape index (κ1) is 14.6. The van der Waals surface area contributed by atoms with E-state index in [-0.39, 0.29) is 6.04 Å². The number of hydrogen-bond donors (Lipinski definition) is 1. The lowest BCUT2D eigenvalue weighted by atomic mass is 10.0. The number of nitrogens with zero attached hydrogens (tertiary/aromatic N) is 1. The standard InChI is InChI=1S/C16H18N2OS/c1-3-15(14-6-4-5-7-16(14)19-2)18-11-13-9-8-12(10-17)20-13/h4-9,15,18H,3,11H2,1-2H3. The van der Waals surface area contributed by atoms with Crippen molar-refractivity contribution in [1.82, 2.24) is 5.32 Å². The van der Waals surface area contributed by atoms with E-state index < -0.39 is 0 Å². The Balaban J connectivity index is 2.07. The van der Waals surface area contributed by atoms with Gasteiger partial charge in [0.1, 0.15) is 16.7 Å². The van der Waals surface area contributed by atoms with Crippen molar-refractivity contribution in [3.63, 3.8) is 0 Å². The predicted molar refractivity (Wildman–Crippen MR) is 81.9 cm³/mol. The van der Waals surface area contributed by atoms with Crippen molar-refractivity contribution in [3.8, 4) is 11.8 Å². The van der Waals surface area contributed by atoms with Crippen molar-refractivity contribution in [2.45, 2.75) is 25.9 Å². The largest absolute Gasteiger partial charge is 0.496 e. The summed E-state index contributed by atoms with van der Waals surface area (Å²) in [6.45, 7) is 2.92. The SMILES string of the molecule is CCC(NCc1ccc(C#N)s1)c1ccccc1OC. The second-order valence-electron chi connectivity index (χ2n) is 4.46. The number of nitrogens with one attached hydrogen (secondary N) is 1. The Morgan fingerprint density at radius 3 is 2.75 bits per heavy atom. The summed E-state index contributed by atoms with van der Waals surface area (Å²) >= 11 is 1.54. The first-order valence-electron chi connectivity index (χ1n) is 6.63. The van der Waals surface area contributed by atoms with E-state index in [9.17, 15) is 0 Å². The van der Waals surface area contributed by atoms with Crippen LogP contribution in [0.2, 0.25) is 0 Å². The number of nitriles is 1. The molecule has 1 aromatic heterocycles. The van der Waals surface area contributed by atoms with E-state index >= 15 is 0 Å². The van der Waals surface area contributed by atoms with Crippen LogP contribution in [0, 0.1) is 11.3 Å². The van der Waals surface area contributed by atoms with Crippen LogP contribution in [0.1, 0.15) is 34.7 Å². The molecular weight excluding hydrogens is 268 g/mol. The molecule has 104 valence electrons. The maximum absolute atomic E-state index is 8.84. The van der Waals surface area contributed by atoms with Gasteiger partial charge in [0.2, 0.25) is 0 Å². The third kappa shape index (κ3) is 3.38. The zero-order chi connectivity index (χ0) is 14.4. The average Bonchev–Trinajstić information content (AvgIpc) is 2.96. The van der Waals surface area contributed by atoms with Gasteiger partial charge in [-0.2, -0.15) is 5.26 Å². The van der Waals surface area contributed by atoms with Crippen LogP contribution in [0.25, 0.3) is 0 Å². The highest BCUT2D eigenvalue weighted by Crippen LogP contribution is 2.27. The fourth-order valence-electron chi connectivity index (χ4n) is 2.19. The summed E-state index contributed by atoms with van der Waals surface area (Å²) in [7, 11) is 1.70. The van der Waals surface area contributed by atoms with Gasteiger partial charge in [0.25, 0.3) is 0 Å². The maximum atomic E-state index is 8.84.